The van der Waals surface area contributed by atoms with Gasteiger partial charge in [-0.1, -0.05) is 6.07 Å². The fraction of sp³-hybridized carbons (Fsp3) is 0.261. The molecular weight excluding hydrogens is 484 g/mol. The second-order valence-corrected chi connectivity index (χ2v) is 8.77. The molecule has 2 amide bonds. The smallest absolute Gasteiger partial charge is 0.317 e. The van der Waals surface area contributed by atoms with E-state index in [2.05, 4.69) is 36.3 Å². The Labute approximate surface area is 199 Å². The fourth-order valence-corrected chi connectivity index (χ4v) is 4.82. The van der Waals surface area contributed by atoms with E-state index >= 15 is 0 Å². The number of fused-ring (bicyclic) bond motifs is 1. The highest BCUT2D eigenvalue weighted by Crippen LogP contribution is 2.37. The third-order valence-corrected chi connectivity index (χ3v) is 6.88. The van der Waals surface area contributed by atoms with Crippen LogP contribution in [0.4, 0.5) is 10.6 Å². The van der Waals surface area contributed by atoms with Crippen LogP contribution in [0.15, 0.2) is 53.5 Å². The Morgan fingerprint density at radius 1 is 1.15 bits per heavy atom. The lowest BCUT2D eigenvalue weighted by Gasteiger charge is -2.31. The molecule has 0 radical (unpaired) electrons. The summed E-state index contributed by atoms with van der Waals surface area (Å²) in [7, 11) is 1.65. The molecule has 5 rings (SSSR count). The Morgan fingerprint density at radius 2 is 1.97 bits per heavy atom. The molecule has 1 fully saturated rings. The van der Waals surface area contributed by atoms with Gasteiger partial charge >= 0.3 is 6.03 Å². The molecule has 0 unspecified atom stereocenters. The van der Waals surface area contributed by atoms with Crippen LogP contribution in [0.2, 0.25) is 0 Å². The van der Waals surface area contributed by atoms with Gasteiger partial charge in [-0.3, -0.25) is 9.97 Å². The van der Waals surface area contributed by atoms with Gasteiger partial charge in [0.15, 0.2) is 5.65 Å². The SMILES string of the molecule is CNC(=O)N1CCC(c2nc3c(-c4ccc(-c5cccnc5)nc4)cnn3c(N)c2Br)CC1. The molecule has 0 aliphatic carbocycles. The van der Waals surface area contributed by atoms with Gasteiger partial charge in [0.1, 0.15) is 5.82 Å². The maximum absolute atomic E-state index is 11.9. The number of rotatable bonds is 3. The summed E-state index contributed by atoms with van der Waals surface area (Å²) in [6.07, 6.45) is 8.76. The van der Waals surface area contributed by atoms with E-state index in [0.29, 0.717) is 24.6 Å². The second-order valence-electron chi connectivity index (χ2n) is 7.98. The first kappa shape index (κ1) is 21.3. The highest BCUT2D eigenvalue weighted by Gasteiger charge is 2.28. The van der Waals surface area contributed by atoms with Crippen molar-refractivity contribution in [3.63, 3.8) is 0 Å². The molecule has 0 bridgehead atoms. The standard InChI is InChI=1S/C23H23BrN8O/c1-26-23(33)31-9-6-14(7-10-31)20-19(24)21(25)32-22(30-20)17(13-29-32)15-4-5-18(28-12-15)16-3-2-8-27-11-16/h2-5,8,11-14H,6-7,9-10,25H2,1H3,(H,26,33). The van der Waals surface area contributed by atoms with Crippen molar-refractivity contribution in [2.24, 2.45) is 0 Å². The molecule has 1 aliphatic rings. The van der Waals surface area contributed by atoms with Crippen molar-refractivity contribution in [2.45, 2.75) is 18.8 Å². The van der Waals surface area contributed by atoms with Gasteiger partial charge in [0, 0.05) is 61.3 Å². The van der Waals surface area contributed by atoms with Crippen molar-refractivity contribution < 1.29 is 4.79 Å². The summed E-state index contributed by atoms with van der Waals surface area (Å²) in [5, 5.41) is 7.16. The molecule has 4 aromatic rings. The van der Waals surface area contributed by atoms with E-state index in [1.165, 1.54) is 0 Å². The average Bonchev–Trinajstić information content (AvgIpc) is 3.30. The fourth-order valence-electron chi connectivity index (χ4n) is 4.24. The van der Waals surface area contributed by atoms with E-state index < -0.39 is 0 Å². The molecule has 0 spiro atoms. The van der Waals surface area contributed by atoms with Gasteiger partial charge in [0.05, 0.1) is 22.1 Å². The number of nitrogen functional groups attached to an aromatic ring is 1. The molecular formula is C23H23BrN8O. The zero-order chi connectivity index (χ0) is 22.9. The number of aromatic nitrogens is 5. The number of urea groups is 1. The lowest BCUT2D eigenvalue weighted by atomic mass is 9.93. The molecule has 33 heavy (non-hydrogen) atoms. The third-order valence-electron chi connectivity index (χ3n) is 6.06. The average molecular weight is 507 g/mol. The zero-order valence-corrected chi connectivity index (χ0v) is 19.7. The normalized spacial score (nSPS) is 14.5. The van der Waals surface area contributed by atoms with Crippen molar-refractivity contribution in [3.8, 4) is 22.4 Å². The van der Waals surface area contributed by atoms with E-state index in [-0.39, 0.29) is 11.9 Å². The molecule has 3 N–H and O–H groups in total. The van der Waals surface area contributed by atoms with Crippen molar-refractivity contribution in [1.82, 2.24) is 34.8 Å². The number of piperidine rings is 1. The molecule has 0 atom stereocenters. The number of pyridine rings is 2. The minimum atomic E-state index is -0.0456. The lowest BCUT2D eigenvalue weighted by Crippen LogP contribution is -2.42. The molecule has 5 heterocycles. The minimum absolute atomic E-state index is 0.0456. The van der Waals surface area contributed by atoms with Crippen LogP contribution >= 0.6 is 15.9 Å². The highest BCUT2D eigenvalue weighted by atomic mass is 79.9. The summed E-state index contributed by atoms with van der Waals surface area (Å²) in [6, 6.07) is 7.80. The lowest BCUT2D eigenvalue weighted by molar-refractivity contribution is 0.183. The van der Waals surface area contributed by atoms with Gasteiger partial charge in [-0.15, -0.1) is 0 Å². The van der Waals surface area contributed by atoms with Gasteiger partial charge in [-0.25, -0.2) is 9.78 Å². The van der Waals surface area contributed by atoms with E-state index in [9.17, 15) is 4.79 Å². The van der Waals surface area contributed by atoms with Crippen molar-refractivity contribution in [3.05, 3.63) is 59.2 Å². The van der Waals surface area contributed by atoms with Gasteiger partial charge in [-0.2, -0.15) is 9.61 Å². The van der Waals surface area contributed by atoms with Crippen LogP contribution < -0.4 is 11.1 Å². The summed E-state index contributed by atoms with van der Waals surface area (Å²) in [5.41, 5.74) is 11.6. The minimum Gasteiger partial charge on any atom is -0.383 e. The number of likely N-dealkylation sites (tertiary alicyclic amines) is 1. The molecule has 4 aromatic heterocycles. The number of anilines is 1. The van der Waals surface area contributed by atoms with Crippen LogP contribution in [0.3, 0.4) is 0 Å². The highest BCUT2D eigenvalue weighted by molar-refractivity contribution is 9.10. The predicted molar refractivity (Wildman–Crippen MR) is 130 cm³/mol. The van der Waals surface area contributed by atoms with Crippen LogP contribution in [0, 0.1) is 0 Å². The molecule has 1 aliphatic heterocycles. The van der Waals surface area contributed by atoms with Crippen LogP contribution in [0.1, 0.15) is 24.5 Å². The summed E-state index contributed by atoms with van der Waals surface area (Å²) in [5.74, 6) is 0.705. The quantitative estimate of drug-likeness (QED) is 0.437. The van der Waals surface area contributed by atoms with Gasteiger partial charge in [0.2, 0.25) is 0 Å². The van der Waals surface area contributed by atoms with Gasteiger partial charge in [-0.05, 0) is 47.0 Å². The first-order chi connectivity index (χ1) is 16.1. The maximum Gasteiger partial charge on any atom is 0.317 e. The molecule has 9 nitrogen and oxygen atoms in total. The topological polar surface area (TPSA) is 114 Å². The Kier molecular flexibility index (Phi) is 5.67. The predicted octanol–water partition coefficient (Wildman–Crippen LogP) is 3.72. The molecule has 0 saturated carbocycles. The van der Waals surface area contributed by atoms with Gasteiger partial charge in [0.25, 0.3) is 0 Å². The van der Waals surface area contributed by atoms with Crippen LogP contribution in [0.5, 0.6) is 0 Å². The van der Waals surface area contributed by atoms with Crippen LogP contribution in [-0.4, -0.2) is 55.6 Å². The number of amides is 2. The van der Waals surface area contributed by atoms with E-state index in [0.717, 1.165) is 45.4 Å². The van der Waals surface area contributed by atoms with Crippen molar-refractivity contribution in [1.29, 1.82) is 0 Å². The van der Waals surface area contributed by atoms with E-state index in [1.807, 2.05) is 35.4 Å². The Balaban J connectivity index is 1.48. The van der Waals surface area contributed by atoms with E-state index in [4.69, 9.17) is 10.7 Å². The molecule has 168 valence electrons. The Bertz CT molecular complexity index is 1300. The largest absolute Gasteiger partial charge is 0.383 e. The number of carbonyl (C=O) groups is 1. The first-order valence-corrected chi connectivity index (χ1v) is 11.5. The van der Waals surface area contributed by atoms with Crippen molar-refractivity contribution in [2.75, 3.05) is 25.9 Å². The summed E-state index contributed by atoms with van der Waals surface area (Å²) in [4.78, 5) is 27.5. The van der Waals surface area contributed by atoms with E-state index in [1.54, 1.807) is 30.2 Å². The van der Waals surface area contributed by atoms with Crippen LogP contribution in [-0.2, 0) is 0 Å². The first-order valence-electron chi connectivity index (χ1n) is 10.7. The number of hydrogen-bond acceptors (Lipinski definition) is 6. The van der Waals surface area contributed by atoms with Gasteiger partial charge < -0.3 is 16.0 Å². The summed E-state index contributed by atoms with van der Waals surface area (Å²) in [6.45, 7) is 1.35. The molecule has 1 saturated heterocycles. The molecule has 0 aromatic carbocycles. The number of nitrogens with zero attached hydrogens (tertiary/aromatic N) is 6. The number of carbonyl (C=O) groups excluding carboxylic acids is 1. The summed E-state index contributed by atoms with van der Waals surface area (Å²) < 4.78 is 2.41. The Hall–Kier alpha value is -3.53. The molecule has 10 heteroatoms. The Morgan fingerprint density at radius 3 is 2.64 bits per heavy atom. The number of nitrogens with one attached hydrogen (secondary N) is 1. The monoisotopic (exact) mass is 506 g/mol. The number of hydrogen-bond donors (Lipinski definition) is 2. The zero-order valence-electron chi connectivity index (χ0n) is 18.1. The van der Waals surface area contributed by atoms with Crippen molar-refractivity contribution >= 4 is 33.4 Å². The second kappa shape index (κ2) is 8.78. The number of nitrogens with two attached hydrogens (primary N) is 1. The van der Waals surface area contributed by atoms with Crippen LogP contribution in [0.25, 0.3) is 28.0 Å². The number of halogens is 1. The third kappa shape index (κ3) is 3.91. The maximum atomic E-state index is 11.9. The summed E-state index contributed by atoms with van der Waals surface area (Å²) >= 11 is 3.64.